The second kappa shape index (κ2) is 8.07. The molecule has 1 saturated heterocycles. The molecule has 2 heterocycles. The summed E-state index contributed by atoms with van der Waals surface area (Å²) in [5, 5.41) is 7.42. The molecule has 1 amide bonds. The Balaban J connectivity index is 1.28. The van der Waals surface area contributed by atoms with Gasteiger partial charge >= 0.3 is 0 Å². The van der Waals surface area contributed by atoms with Crippen molar-refractivity contribution >= 4 is 5.91 Å². The van der Waals surface area contributed by atoms with Crippen LogP contribution in [0, 0.1) is 6.92 Å². The van der Waals surface area contributed by atoms with Crippen LogP contribution in [0.5, 0.6) is 0 Å². The molecule has 1 atom stereocenters. The predicted molar refractivity (Wildman–Crippen MR) is 116 cm³/mol. The highest BCUT2D eigenvalue weighted by Crippen LogP contribution is 2.28. The van der Waals surface area contributed by atoms with Crippen molar-refractivity contribution in [2.45, 2.75) is 44.7 Å². The minimum Gasteiger partial charge on any atom is -0.360 e. The van der Waals surface area contributed by atoms with Crippen molar-refractivity contribution in [2.24, 2.45) is 0 Å². The lowest BCUT2D eigenvalue weighted by atomic mass is 10.0. The smallest absolute Gasteiger partial charge is 0.257 e. The van der Waals surface area contributed by atoms with E-state index in [1.165, 1.54) is 11.1 Å². The lowest BCUT2D eigenvalue weighted by Crippen LogP contribution is -2.51. The van der Waals surface area contributed by atoms with Crippen molar-refractivity contribution in [2.75, 3.05) is 13.1 Å². The molecule has 154 valence electrons. The first kappa shape index (κ1) is 19.1. The average molecular weight is 402 g/mol. The van der Waals surface area contributed by atoms with E-state index in [9.17, 15) is 4.79 Å². The predicted octanol–water partition coefficient (Wildman–Crippen LogP) is 4.01. The molecule has 0 spiro atoms. The number of aryl methyl sites for hydroxylation is 1. The molecular weight excluding hydrogens is 374 g/mol. The monoisotopic (exact) mass is 401 g/mol. The SMILES string of the molecule is Cc1onc(-c2ccccc2)c1C(=O)N[C@H]1CCCN(C2Cc3ccccc3C2)C1. The Labute approximate surface area is 177 Å². The van der Waals surface area contributed by atoms with E-state index in [1.54, 1.807) is 6.92 Å². The topological polar surface area (TPSA) is 58.4 Å². The molecule has 1 aliphatic carbocycles. The fourth-order valence-corrected chi connectivity index (χ4v) is 4.94. The van der Waals surface area contributed by atoms with Gasteiger partial charge in [0.15, 0.2) is 0 Å². The number of piperidine rings is 1. The van der Waals surface area contributed by atoms with E-state index in [-0.39, 0.29) is 11.9 Å². The van der Waals surface area contributed by atoms with Crippen molar-refractivity contribution in [1.82, 2.24) is 15.4 Å². The minimum absolute atomic E-state index is 0.0887. The zero-order chi connectivity index (χ0) is 20.5. The number of carbonyl (C=O) groups is 1. The van der Waals surface area contributed by atoms with E-state index in [2.05, 4.69) is 39.6 Å². The van der Waals surface area contributed by atoms with Gasteiger partial charge in [-0.3, -0.25) is 9.69 Å². The summed E-state index contributed by atoms with van der Waals surface area (Å²) in [6, 6.07) is 19.2. The molecule has 2 aliphatic rings. The molecule has 1 aliphatic heterocycles. The van der Waals surface area contributed by atoms with Crippen LogP contribution < -0.4 is 5.32 Å². The number of nitrogens with one attached hydrogen (secondary N) is 1. The third kappa shape index (κ3) is 3.65. The van der Waals surface area contributed by atoms with Gasteiger partial charge in [0.25, 0.3) is 5.91 Å². The Morgan fingerprint density at radius 3 is 2.50 bits per heavy atom. The number of hydrogen-bond acceptors (Lipinski definition) is 4. The van der Waals surface area contributed by atoms with E-state index in [1.807, 2.05) is 30.3 Å². The van der Waals surface area contributed by atoms with E-state index in [0.717, 1.165) is 44.3 Å². The van der Waals surface area contributed by atoms with E-state index in [0.29, 0.717) is 23.1 Å². The number of benzene rings is 2. The van der Waals surface area contributed by atoms with Gasteiger partial charge in [-0.1, -0.05) is 59.8 Å². The lowest BCUT2D eigenvalue weighted by Gasteiger charge is -2.37. The van der Waals surface area contributed by atoms with Gasteiger partial charge in [-0.2, -0.15) is 0 Å². The van der Waals surface area contributed by atoms with Gasteiger partial charge in [0.1, 0.15) is 17.0 Å². The third-order valence-electron chi connectivity index (χ3n) is 6.47. The van der Waals surface area contributed by atoms with Crippen molar-refractivity contribution in [3.8, 4) is 11.3 Å². The number of aromatic nitrogens is 1. The lowest BCUT2D eigenvalue weighted by molar-refractivity contribution is 0.0875. The Kier molecular flexibility index (Phi) is 5.13. The molecule has 5 heteroatoms. The molecule has 5 nitrogen and oxygen atoms in total. The summed E-state index contributed by atoms with van der Waals surface area (Å²) in [6.07, 6.45) is 4.33. The molecule has 1 N–H and O–H groups in total. The van der Waals surface area contributed by atoms with Crippen molar-refractivity contribution in [3.63, 3.8) is 0 Å². The van der Waals surface area contributed by atoms with E-state index in [4.69, 9.17) is 4.52 Å². The first-order valence-corrected chi connectivity index (χ1v) is 10.8. The Morgan fingerprint density at radius 2 is 1.77 bits per heavy atom. The molecule has 0 bridgehead atoms. The van der Waals surface area contributed by atoms with Crippen LogP contribution >= 0.6 is 0 Å². The second-order valence-electron chi connectivity index (χ2n) is 8.47. The van der Waals surface area contributed by atoms with Crippen LogP contribution in [0.25, 0.3) is 11.3 Å². The highest BCUT2D eigenvalue weighted by molar-refractivity contribution is 6.00. The number of amides is 1. The van der Waals surface area contributed by atoms with Crippen molar-refractivity contribution in [3.05, 3.63) is 77.0 Å². The molecular formula is C25H27N3O2. The maximum Gasteiger partial charge on any atom is 0.257 e. The standard InChI is InChI=1S/C25H27N3O2/c1-17-23(24(27-30-17)18-8-3-2-4-9-18)25(29)26-21-12-7-13-28(16-21)22-14-19-10-5-6-11-20(19)15-22/h2-6,8-11,21-22H,7,12-16H2,1H3,(H,26,29)/t21-/m0/s1. The molecule has 1 fully saturated rings. The number of fused-ring (bicyclic) bond motifs is 1. The Morgan fingerprint density at radius 1 is 1.07 bits per heavy atom. The van der Waals surface area contributed by atoms with Gasteiger partial charge in [0, 0.05) is 24.2 Å². The van der Waals surface area contributed by atoms with Crippen LogP contribution in [0.4, 0.5) is 0 Å². The molecule has 0 unspecified atom stereocenters. The maximum atomic E-state index is 13.2. The number of likely N-dealkylation sites (tertiary alicyclic amines) is 1. The van der Waals surface area contributed by atoms with Crippen LogP contribution in [-0.2, 0) is 12.8 Å². The van der Waals surface area contributed by atoms with Gasteiger partial charge in [-0.15, -0.1) is 0 Å². The summed E-state index contributed by atoms with van der Waals surface area (Å²) in [7, 11) is 0. The quantitative estimate of drug-likeness (QED) is 0.718. The summed E-state index contributed by atoms with van der Waals surface area (Å²) in [6.45, 7) is 3.80. The van der Waals surface area contributed by atoms with Gasteiger partial charge in [0.2, 0.25) is 0 Å². The number of nitrogens with zero attached hydrogens (tertiary/aromatic N) is 2. The van der Waals surface area contributed by atoms with Gasteiger partial charge in [0.05, 0.1) is 0 Å². The first-order chi connectivity index (χ1) is 14.7. The number of carbonyl (C=O) groups excluding carboxylic acids is 1. The number of rotatable bonds is 4. The fourth-order valence-electron chi connectivity index (χ4n) is 4.94. The molecule has 3 aromatic rings. The van der Waals surface area contributed by atoms with Crippen molar-refractivity contribution < 1.29 is 9.32 Å². The molecule has 0 radical (unpaired) electrons. The minimum atomic E-state index is -0.0887. The van der Waals surface area contributed by atoms with Gasteiger partial charge in [-0.05, 0) is 50.3 Å². The second-order valence-corrected chi connectivity index (χ2v) is 8.47. The van der Waals surface area contributed by atoms with Gasteiger partial charge < -0.3 is 9.84 Å². The average Bonchev–Trinajstić information content (AvgIpc) is 3.38. The summed E-state index contributed by atoms with van der Waals surface area (Å²) < 4.78 is 5.38. The van der Waals surface area contributed by atoms with Crippen LogP contribution in [0.15, 0.2) is 59.1 Å². The highest BCUT2D eigenvalue weighted by Gasteiger charge is 2.32. The summed E-state index contributed by atoms with van der Waals surface area (Å²) in [4.78, 5) is 15.7. The first-order valence-electron chi connectivity index (χ1n) is 10.8. The molecule has 30 heavy (non-hydrogen) atoms. The molecule has 0 saturated carbocycles. The Bertz CT molecular complexity index is 1020. The largest absolute Gasteiger partial charge is 0.360 e. The van der Waals surface area contributed by atoms with Crippen LogP contribution in [-0.4, -0.2) is 41.1 Å². The van der Waals surface area contributed by atoms with Crippen molar-refractivity contribution in [1.29, 1.82) is 0 Å². The maximum absolute atomic E-state index is 13.2. The molecule has 5 rings (SSSR count). The van der Waals surface area contributed by atoms with Gasteiger partial charge in [-0.25, -0.2) is 0 Å². The molecule has 2 aromatic carbocycles. The van der Waals surface area contributed by atoms with Crippen LogP contribution in [0.2, 0.25) is 0 Å². The zero-order valence-corrected chi connectivity index (χ0v) is 17.3. The normalized spacial score (nSPS) is 19.6. The summed E-state index contributed by atoms with van der Waals surface area (Å²) in [5.41, 5.74) is 5.01. The summed E-state index contributed by atoms with van der Waals surface area (Å²) in [5.74, 6) is 0.472. The van der Waals surface area contributed by atoms with Crippen LogP contribution in [0.3, 0.4) is 0 Å². The Hall–Kier alpha value is -2.92. The van der Waals surface area contributed by atoms with E-state index >= 15 is 0 Å². The third-order valence-corrected chi connectivity index (χ3v) is 6.47. The summed E-state index contributed by atoms with van der Waals surface area (Å²) >= 11 is 0. The van der Waals surface area contributed by atoms with E-state index < -0.39 is 0 Å². The zero-order valence-electron chi connectivity index (χ0n) is 17.3. The number of hydrogen-bond donors (Lipinski definition) is 1. The molecule has 1 aromatic heterocycles. The highest BCUT2D eigenvalue weighted by atomic mass is 16.5. The fraction of sp³-hybridized carbons (Fsp3) is 0.360. The van der Waals surface area contributed by atoms with Crippen LogP contribution in [0.1, 0.15) is 40.1 Å².